The van der Waals surface area contributed by atoms with E-state index in [0.29, 0.717) is 5.75 Å². The largest absolute Gasteiger partial charge is 0.504 e. The average Bonchev–Trinajstić information content (AvgIpc) is 2.62. The minimum atomic E-state index is 0.257. The van der Waals surface area contributed by atoms with Crippen molar-refractivity contribution >= 4 is 22.6 Å². The molecule has 1 aromatic rings. The molecule has 0 aromatic heterocycles. The summed E-state index contributed by atoms with van der Waals surface area (Å²) in [5, 5.41) is 9.83. The van der Waals surface area contributed by atoms with Crippen LogP contribution in [-0.4, -0.2) is 25.3 Å². The Kier molecular flexibility index (Phi) is 5.12. The van der Waals surface area contributed by atoms with Crippen LogP contribution < -0.4 is 9.64 Å². The molecular formula is C14H21INO2+. The lowest BCUT2D eigenvalue weighted by atomic mass is 10.2. The number of benzene rings is 1. The molecule has 1 aromatic carbocycles. The lowest BCUT2D eigenvalue weighted by Gasteiger charge is -2.18. The van der Waals surface area contributed by atoms with Crippen LogP contribution in [0.2, 0.25) is 0 Å². The number of hydrogen-bond acceptors (Lipinski definition) is 2. The third kappa shape index (κ3) is 3.51. The molecule has 0 atom stereocenters. The van der Waals surface area contributed by atoms with E-state index in [1.807, 2.05) is 6.07 Å². The Labute approximate surface area is 122 Å². The Morgan fingerprint density at radius 1 is 1.22 bits per heavy atom. The number of nitrogens with one attached hydrogen (secondary N) is 1. The van der Waals surface area contributed by atoms with Crippen molar-refractivity contribution in [3.05, 3.63) is 21.3 Å². The molecule has 0 amide bonds. The van der Waals surface area contributed by atoms with Gasteiger partial charge in [-0.25, -0.2) is 0 Å². The van der Waals surface area contributed by atoms with Gasteiger partial charge in [-0.3, -0.25) is 0 Å². The van der Waals surface area contributed by atoms with Crippen molar-refractivity contribution in [1.29, 1.82) is 0 Å². The first-order valence-electron chi connectivity index (χ1n) is 6.59. The molecule has 1 saturated heterocycles. The van der Waals surface area contributed by atoms with Crippen LogP contribution in [0.15, 0.2) is 12.1 Å². The van der Waals surface area contributed by atoms with E-state index in [9.17, 15) is 5.11 Å². The Bertz CT molecular complexity index is 401. The van der Waals surface area contributed by atoms with Crippen molar-refractivity contribution in [3.63, 3.8) is 0 Å². The van der Waals surface area contributed by atoms with Gasteiger partial charge in [0.25, 0.3) is 0 Å². The summed E-state index contributed by atoms with van der Waals surface area (Å²) in [6, 6.07) is 4.03. The molecule has 1 aliphatic rings. The third-order valence-electron chi connectivity index (χ3n) is 3.57. The maximum atomic E-state index is 9.83. The average molecular weight is 362 g/mol. The van der Waals surface area contributed by atoms with Gasteiger partial charge >= 0.3 is 0 Å². The molecule has 1 heterocycles. The summed E-state index contributed by atoms with van der Waals surface area (Å²) in [6.45, 7) is 3.56. The highest BCUT2D eigenvalue weighted by Gasteiger charge is 2.15. The van der Waals surface area contributed by atoms with Crippen molar-refractivity contribution < 1.29 is 14.7 Å². The third-order valence-corrected chi connectivity index (χ3v) is 4.40. The van der Waals surface area contributed by atoms with Crippen molar-refractivity contribution in [2.45, 2.75) is 32.2 Å². The Morgan fingerprint density at radius 3 is 2.50 bits per heavy atom. The minimum absolute atomic E-state index is 0.257. The number of quaternary nitrogens is 1. The van der Waals surface area contributed by atoms with Crippen LogP contribution >= 0.6 is 22.6 Å². The highest BCUT2D eigenvalue weighted by molar-refractivity contribution is 14.1. The first-order valence-corrected chi connectivity index (χ1v) is 7.67. The first kappa shape index (κ1) is 13.9. The van der Waals surface area contributed by atoms with Crippen LogP contribution in [0.3, 0.4) is 0 Å². The predicted octanol–water partition coefficient (Wildman–Crippen LogP) is 1.96. The zero-order chi connectivity index (χ0) is 13.0. The highest BCUT2D eigenvalue weighted by atomic mass is 127. The Morgan fingerprint density at radius 2 is 1.89 bits per heavy atom. The molecule has 100 valence electrons. The van der Waals surface area contributed by atoms with E-state index in [4.69, 9.17) is 4.74 Å². The quantitative estimate of drug-likeness (QED) is 0.807. The van der Waals surface area contributed by atoms with Crippen LogP contribution in [0.5, 0.6) is 11.5 Å². The molecular weight excluding hydrogens is 341 g/mol. The van der Waals surface area contributed by atoms with E-state index in [1.54, 1.807) is 12.0 Å². The van der Waals surface area contributed by atoms with Gasteiger partial charge in [0.15, 0.2) is 11.5 Å². The molecule has 2 rings (SSSR count). The normalized spacial score (nSPS) is 17.4. The smallest absolute Gasteiger partial charge is 0.171 e. The van der Waals surface area contributed by atoms with Gasteiger partial charge in [0.2, 0.25) is 0 Å². The van der Waals surface area contributed by atoms with E-state index >= 15 is 0 Å². The maximum Gasteiger partial charge on any atom is 0.171 e. The summed E-state index contributed by atoms with van der Waals surface area (Å²) in [4.78, 5) is 1.65. The fourth-order valence-corrected chi connectivity index (χ4v) is 3.24. The van der Waals surface area contributed by atoms with Crippen LogP contribution in [0.1, 0.15) is 31.2 Å². The standard InChI is InChI=1S/C14H20INO2/c1-18-13-9-11(8-12(15)14(13)17)10-16-6-4-2-3-5-7-16/h8-9,17H,2-7,10H2,1H3/p+1. The number of hydrogen-bond donors (Lipinski definition) is 2. The number of aromatic hydroxyl groups is 1. The summed E-state index contributed by atoms with van der Waals surface area (Å²) in [5.41, 5.74) is 1.26. The lowest BCUT2D eigenvalue weighted by molar-refractivity contribution is -0.913. The SMILES string of the molecule is COc1cc(C[NH+]2CCCCCC2)cc(I)c1O. The van der Waals surface area contributed by atoms with Crippen molar-refractivity contribution in [2.24, 2.45) is 0 Å². The fourth-order valence-electron chi connectivity index (χ4n) is 2.58. The molecule has 1 fully saturated rings. The van der Waals surface area contributed by atoms with E-state index in [1.165, 1.54) is 44.3 Å². The Hall–Kier alpha value is -0.490. The maximum absolute atomic E-state index is 9.83. The van der Waals surface area contributed by atoms with E-state index in [-0.39, 0.29) is 5.75 Å². The molecule has 4 heteroatoms. The van der Waals surface area contributed by atoms with Gasteiger partial charge in [0.1, 0.15) is 6.54 Å². The predicted molar refractivity (Wildman–Crippen MR) is 80.2 cm³/mol. The summed E-state index contributed by atoms with van der Waals surface area (Å²) in [5.74, 6) is 0.846. The molecule has 3 nitrogen and oxygen atoms in total. The van der Waals surface area contributed by atoms with Crippen molar-refractivity contribution in [2.75, 3.05) is 20.2 Å². The van der Waals surface area contributed by atoms with Gasteiger partial charge < -0.3 is 14.7 Å². The molecule has 2 N–H and O–H groups in total. The second-order valence-electron chi connectivity index (χ2n) is 4.97. The zero-order valence-electron chi connectivity index (χ0n) is 10.8. The first-order chi connectivity index (χ1) is 8.70. The summed E-state index contributed by atoms with van der Waals surface area (Å²) in [6.07, 6.45) is 5.42. The topological polar surface area (TPSA) is 33.9 Å². The van der Waals surface area contributed by atoms with E-state index < -0.39 is 0 Å². The lowest BCUT2D eigenvalue weighted by Crippen LogP contribution is -3.10. The van der Waals surface area contributed by atoms with Crippen LogP contribution in [0.4, 0.5) is 0 Å². The fraction of sp³-hybridized carbons (Fsp3) is 0.571. The molecule has 1 aliphatic heterocycles. The summed E-state index contributed by atoms with van der Waals surface area (Å²) < 4.78 is 6.09. The number of halogens is 1. The van der Waals surface area contributed by atoms with Gasteiger partial charge in [0, 0.05) is 5.56 Å². The minimum Gasteiger partial charge on any atom is -0.504 e. The van der Waals surface area contributed by atoms with Gasteiger partial charge in [-0.05, 0) is 60.4 Å². The van der Waals surface area contributed by atoms with E-state index in [0.717, 1.165) is 10.1 Å². The van der Waals surface area contributed by atoms with Crippen LogP contribution in [0, 0.1) is 3.57 Å². The van der Waals surface area contributed by atoms with Gasteiger partial charge in [-0.2, -0.15) is 0 Å². The number of phenols is 1. The summed E-state index contributed by atoms with van der Waals surface area (Å²) >= 11 is 2.16. The van der Waals surface area contributed by atoms with E-state index in [2.05, 4.69) is 28.7 Å². The monoisotopic (exact) mass is 362 g/mol. The second kappa shape index (κ2) is 6.61. The number of rotatable bonds is 3. The zero-order valence-corrected chi connectivity index (χ0v) is 13.0. The number of methoxy groups -OCH3 is 1. The van der Waals surface area contributed by atoms with Crippen LogP contribution in [-0.2, 0) is 6.54 Å². The van der Waals surface area contributed by atoms with Gasteiger partial charge in [-0.1, -0.05) is 0 Å². The molecule has 0 bridgehead atoms. The van der Waals surface area contributed by atoms with Crippen LogP contribution in [0.25, 0.3) is 0 Å². The number of likely N-dealkylation sites (tertiary alicyclic amines) is 1. The number of phenolic OH excluding ortho intramolecular Hbond substituents is 1. The summed E-state index contributed by atoms with van der Waals surface area (Å²) in [7, 11) is 1.60. The molecule has 0 saturated carbocycles. The second-order valence-corrected chi connectivity index (χ2v) is 6.13. The highest BCUT2D eigenvalue weighted by Crippen LogP contribution is 2.32. The molecule has 0 unspecified atom stereocenters. The van der Waals surface area contributed by atoms with Gasteiger partial charge in [0.05, 0.1) is 23.8 Å². The molecule has 0 radical (unpaired) electrons. The van der Waals surface area contributed by atoms with Gasteiger partial charge in [-0.15, -0.1) is 0 Å². The van der Waals surface area contributed by atoms with Crippen molar-refractivity contribution in [1.82, 2.24) is 0 Å². The molecule has 0 spiro atoms. The van der Waals surface area contributed by atoms with Crippen molar-refractivity contribution in [3.8, 4) is 11.5 Å². The number of ether oxygens (including phenoxy) is 1. The molecule has 0 aliphatic carbocycles. The molecule has 18 heavy (non-hydrogen) atoms. The Balaban J connectivity index is 2.10.